The minimum atomic E-state index is 0.591. The molecule has 0 atom stereocenters. The molecule has 2 N–H and O–H groups in total. The molecule has 0 saturated carbocycles. The van der Waals surface area contributed by atoms with Crippen LogP contribution < -0.4 is 10.6 Å². The van der Waals surface area contributed by atoms with Crippen molar-refractivity contribution in [3.05, 3.63) is 29.8 Å². The van der Waals surface area contributed by atoms with Gasteiger partial charge in [0.25, 0.3) is 0 Å². The van der Waals surface area contributed by atoms with Gasteiger partial charge in [-0.1, -0.05) is 44.9 Å². The predicted molar refractivity (Wildman–Crippen MR) is 78.8 cm³/mol. The Hall–Kier alpha value is -1.02. The quantitative estimate of drug-likeness (QED) is 0.880. The molecule has 100 valence electrons. The Bertz CT molecular complexity index is 372. The first-order valence-electron chi connectivity index (χ1n) is 7.27. The van der Waals surface area contributed by atoms with Gasteiger partial charge in [0, 0.05) is 25.3 Å². The highest BCUT2D eigenvalue weighted by molar-refractivity contribution is 5.53. The molecule has 2 nitrogen and oxygen atoms in total. The number of rotatable bonds is 4. The summed E-state index contributed by atoms with van der Waals surface area (Å²) < 4.78 is 0. The van der Waals surface area contributed by atoms with Gasteiger partial charge >= 0.3 is 0 Å². The molecule has 1 aromatic carbocycles. The molecule has 0 aliphatic carbocycles. The Balaban J connectivity index is 2.10. The molecule has 0 radical (unpaired) electrons. The molecular weight excluding hydrogens is 220 g/mol. The third-order valence-electron chi connectivity index (χ3n) is 4.88. The normalized spacial score (nSPS) is 18.9. The summed E-state index contributed by atoms with van der Waals surface area (Å²) in [4.78, 5) is 2.52. The van der Waals surface area contributed by atoms with Crippen LogP contribution >= 0.6 is 0 Å². The number of hydrogen-bond acceptors (Lipinski definition) is 2. The summed E-state index contributed by atoms with van der Waals surface area (Å²) in [7, 11) is 0. The summed E-state index contributed by atoms with van der Waals surface area (Å²) in [5.41, 5.74) is 9.05. The van der Waals surface area contributed by atoms with Crippen LogP contribution in [-0.2, 0) is 6.54 Å². The van der Waals surface area contributed by atoms with Crippen LogP contribution in [0.4, 0.5) is 5.69 Å². The monoisotopic (exact) mass is 246 g/mol. The summed E-state index contributed by atoms with van der Waals surface area (Å²) in [6.45, 7) is 7.68. The number of nitrogens with two attached hydrogens (primary N) is 1. The van der Waals surface area contributed by atoms with E-state index in [1.54, 1.807) is 0 Å². The summed E-state index contributed by atoms with van der Waals surface area (Å²) in [5.74, 6) is 0. The fourth-order valence-corrected chi connectivity index (χ4v) is 3.17. The van der Waals surface area contributed by atoms with E-state index in [-0.39, 0.29) is 0 Å². The molecule has 1 aliphatic rings. The molecule has 1 aromatic rings. The Kier molecular flexibility index (Phi) is 4.28. The molecular formula is C16H26N2. The van der Waals surface area contributed by atoms with Crippen LogP contribution in [0.2, 0.25) is 0 Å². The van der Waals surface area contributed by atoms with Gasteiger partial charge in [0.1, 0.15) is 0 Å². The third kappa shape index (κ3) is 2.54. The van der Waals surface area contributed by atoms with Crippen LogP contribution in [0.1, 0.15) is 45.1 Å². The molecule has 0 bridgehead atoms. The van der Waals surface area contributed by atoms with Gasteiger partial charge in [0.15, 0.2) is 0 Å². The lowest BCUT2D eigenvalue weighted by atomic mass is 9.74. The molecule has 0 amide bonds. The Labute approximate surface area is 111 Å². The van der Waals surface area contributed by atoms with Crippen molar-refractivity contribution in [2.24, 2.45) is 11.1 Å². The van der Waals surface area contributed by atoms with E-state index in [1.165, 1.54) is 50.0 Å². The molecule has 1 heterocycles. The van der Waals surface area contributed by atoms with Crippen LogP contribution in [-0.4, -0.2) is 13.1 Å². The SMILES string of the molecule is CCC1(CC)CCN(c2ccccc2CN)CC1. The number of nitrogens with zero attached hydrogens (tertiary/aromatic N) is 1. The molecule has 0 unspecified atom stereocenters. The Morgan fingerprint density at radius 1 is 1.11 bits per heavy atom. The highest BCUT2D eigenvalue weighted by atomic mass is 15.1. The predicted octanol–water partition coefficient (Wildman–Crippen LogP) is 3.55. The van der Waals surface area contributed by atoms with Gasteiger partial charge in [-0.25, -0.2) is 0 Å². The van der Waals surface area contributed by atoms with E-state index in [2.05, 4.69) is 43.0 Å². The van der Waals surface area contributed by atoms with Crippen molar-refractivity contribution in [1.29, 1.82) is 0 Å². The van der Waals surface area contributed by atoms with Crippen molar-refractivity contribution in [1.82, 2.24) is 0 Å². The van der Waals surface area contributed by atoms with E-state index in [4.69, 9.17) is 5.73 Å². The first-order chi connectivity index (χ1) is 8.74. The Morgan fingerprint density at radius 2 is 1.72 bits per heavy atom. The summed E-state index contributed by atoms with van der Waals surface area (Å²) in [6, 6.07) is 8.57. The van der Waals surface area contributed by atoms with Crippen LogP contribution in [0, 0.1) is 5.41 Å². The van der Waals surface area contributed by atoms with Crippen LogP contribution in [0.15, 0.2) is 24.3 Å². The van der Waals surface area contributed by atoms with Crippen LogP contribution in [0.5, 0.6) is 0 Å². The molecule has 0 spiro atoms. The van der Waals surface area contributed by atoms with E-state index in [9.17, 15) is 0 Å². The van der Waals surface area contributed by atoms with Crippen molar-refractivity contribution in [3.8, 4) is 0 Å². The lowest BCUT2D eigenvalue weighted by Gasteiger charge is -2.42. The Morgan fingerprint density at radius 3 is 2.28 bits per heavy atom. The summed E-state index contributed by atoms with van der Waals surface area (Å²) in [6.07, 6.45) is 5.27. The molecule has 1 saturated heterocycles. The van der Waals surface area contributed by atoms with Gasteiger partial charge in [0.05, 0.1) is 0 Å². The van der Waals surface area contributed by atoms with Crippen molar-refractivity contribution < 1.29 is 0 Å². The maximum absolute atomic E-state index is 5.84. The number of anilines is 1. The van der Waals surface area contributed by atoms with Gasteiger partial charge in [0.2, 0.25) is 0 Å². The van der Waals surface area contributed by atoms with E-state index in [0.717, 1.165) is 0 Å². The molecule has 1 fully saturated rings. The zero-order valence-electron chi connectivity index (χ0n) is 11.8. The summed E-state index contributed by atoms with van der Waals surface area (Å²) >= 11 is 0. The fraction of sp³-hybridized carbons (Fsp3) is 0.625. The van der Waals surface area contributed by atoms with Gasteiger partial charge in [-0.15, -0.1) is 0 Å². The standard InChI is InChI=1S/C16H26N2/c1-3-16(4-2)9-11-18(12-10-16)15-8-6-5-7-14(15)13-17/h5-8H,3-4,9-13,17H2,1-2H3. The van der Waals surface area contributed by atoms with Gasteiger partial charge in [-0.3, -0.25) is 0 Å². The fourth-order valence-electron chi connectivity index (χ4n) is 3.17. The van der Waals surface area contributed by atoms with Gasteiger partial charge in [-0.2, -0.15) is 0 Å². The zero-order valence-corrected chi connectivity index (χ0v) is 11.8. The first-order valence-corrected chi connectivity index (χ1v) is 7.27. The second-order valence-electron chi connectivity index (χ2n) is 5.53. The number of benzene rings is 1. The number of hydrogen-bond donors (Lipinski definition) is 1. The van der Waals surface area contributed by atoms with Crippen molar-refractivity contribution in [2.75, 3.05) is 18.0 Å². The van der Waals surface area contributed by atoms with Crippen LogP contribution in [0.3, 0.4) is 0 Å². The van der Waals surface area contributed by atoms with Gasteiger partial charge < -0.3 is 10.6 Å². The number of para-hydroxylation sites is 1. The van der Waals surface area contributed by atoms with Gasteiger partial charge in [-0.05, 0) is 29.9 Å². The van der Waals surface area contributed by atoms with Crippen molar-refractivity contribution in [2.45, 2.75) is 46.1 Å². The second kappa shape index (κ2) is 5.75. The average molecular weight is 246 g/mol. The average Bonchev–Trinajstić information content (AvgIpc) is 2.47. The maximum atomic E-state index is 5.84. The highest BCUT2D eigenvalue weighted by Crippen LogP contribution is 2.39. The van der Waals surface area contributed by atoms with Crippen molar-refractivity contribution >= 4 is 5.69 Å². The topological polar surface area (TPSA) is 29.3 Å². The molecule has 2 heteroatoms. The maximum Gasteiger partial charge on any atom is 0.0411 e. The minimum Gasteiger partial charge on any atom is -0.371 e. The van der Waals surface area contributed by atoms with E-state index in [0.29, 0.717) is 12.0 Å². The van der Waals surface area contributed by atoms with E-state index in [1.807, 2.05) is 0 Å². The third-order valence-corrected chi connectivity index (χ3v) is 4.88. The molecule has 0 aromatic heterocycles. The molecule has 1 aliphatic heterocycles. The highest BCUT2D eigenvalue weighted by Gasteiger charge is 2.31. The van der Waals surface area contributed by atoms with E-state index < -0.39 is 0 Å². The largest absolute Gasteiger partial charge is 0.371 e. The van der Waals surface area contributed by atoms with E-state index >= 15 is 0 Å². The second-order valence-corrected chi connectivity index (χ2v) is 5.53. The minimum absolute atomic E-state index is 0.591. The number of piperidine rings is 1. The van der Waals surface area contributed by atoms with Crippen molar-refractivity contribution in [3.63, 3.8) is 0 Å². The zero-order chi connectivity index (χ0) is 13.0. The molecule has 18 heavy (non-hydrogen) atoms. The lowest BCUT2D eigenvalue weighted by Crippen LogP contribution is -2.40. The lowest BCUT2D eigenvalue weighted by molar-refractivity contribution is 0.199. The molecule has 2 rings (SSSR count). The first kappa shape index (κ1) is 13.4. The van der Waals surface area contributed by atoms with Crippen LogP contribution in [0.25, 0.3) is 0 Å². The smallest absolute Gasteiger partial charge is 0.0411 e. The summed E-state index contributed by atoms with van der Waals surface area (Å²) in [5, 5.41) is 0.